The Balaban J connectivity index is 2.78. The zero-order chi connectivity index (χ0) is 9.19. The third-order valence-electron chi connectivity index (χ3n) is 1.09. The van der Waals surface area contributed by atoms with E-state index in [0.29, 0.717) is 0 Å². The van der Waals surface area contributed by atoms with Gasteiger partial charge in [-0.05, 0) is 24.0 Å². The largest absolute Gasteiger partial charge is 0.225 e. The Labute approximate surface area is 80.1 Å². The zero-order valence-corrected chi connectivity index (χ0v) is 8.45. The van der Waals surface area contributed by atoms with Crippen LogP contribution in [0.15, 0.2) is 22.9 Å². The summed E-state index contributed by atoms with van der Waals surface area (Å²) in [6.07, 6.45) is 1.33. The normalized spacial score (nSPS) is 23.0. The van der Waals surface area contributed by atoms with Gasteiger partial charge in [-0.1, -0.05) is 6.08 Å². The fraction of sp³-hybridized carbons (Fsp3) is 0.400. The molecule has 1 rings (SSSR count). The van der Waals surface area contributed by atoms with Gasteiger partial charge in [0.1, 0.15) is 0 Å². The smallest absolute Gasteiger partial charge is 0.224 e. The second-order valence-electron chi connectivity index (χ2n) is 2.02. The highest BCUT2D eigenvalue weighted by Crippen LogP contribution is 2.28. The Morgan fingerprint density at radius 2 is 2.42 bits per heavy atom. The van der Waals surface area contributed by atoms with Gasteiger partial charge in [-0.25, -0.2) is 8.42 Å². The summed E-state index contributed by atoms with van der Waals surface area (Å²) in [6.45, 7) is 3.34. The lowest BCUT2D eigenvalue weighted by Gasteiger charge is -2.02. The number of thioether (sulfide) groups is 1. The molecule has 66 valence electrons. The summed E-state index contributed by atoms with van der Waals surface area (Å²) in [7, 11) is -3.25. The molecule has 0 aromatic heterocycles. The van der Waals surface area contributed by atoms with Gasteiger partial charge in [0.25, 0.3) is 0 Å². The van der Waals surface area contributed by atoms with Crippen LogP contribution in [0.2, 0.25) is 0 Å². The second kappa shape index (κ2) is 3.63. The minimum Gasteiger partial charge on any atom is -0.225 e. The number of sulfone groups is 1. The van der Waals surface area contributed by atoms with E-state index < -0.39 is 14.5 Å². The van der Waals surface area contributed by atoms with E-state index in [1.807, 2.05) is 0 Å². The number of hydrogen-bond donors (Lipinski definition) is 0. The van der Waals surface area contributed by atoms with Gasteiger partial charge >= 0.3 is 0 Å². The maximum absolute atomic E-state index is 11.3. The lowest BCUT2D eigenvalue weighted by Crippen LogP contribution is -2.16. The molecule has 0 N–H and O–H groups in total. The van der Waals surface area contributed by atoms with Crippen LogP contribution in [-0.4, -0.2) is 23.2 Å². The molecule has 0 saturated carbocycles. The van der Waals surface area contributed by atoms with Crippen molar-refractivity contribution in [1.82, 2.24) is 0 Å². The van der Waals surface area contributed by atoms with E-state index in [1.54, 1.807) is 0 Å². The third kappa shape index (κ3) is 2.11. The van der Waals surface area contributed by atoms with Crippen LogP contribution in [0, 0.1) is 0 Å². The molecule has 1 heterocycles. The molecule has 0 radical (unpaired) electrons. The van der Waals surface area contributed by atoms with Gasteiger partial charge in [0, 0.05) is 0 Å². The monoisotopic (exact) mass is 222 g/mol. The second-order valence-corrected chi connectivity index (χ2v) is 6.14. The van der Waals surface area contributed by atoms with Gasteiger partial charge in [0.05, 0.1) is 5.75 Å². The van der Waals surface area contributed by atoms with Crippen molar-refractivity contribution in [1.29, 1.82) is 0 Å². The van der Waals surface area contributed by atoms with E-state index in [0.717, 1.165) is 11.8 Å². The Bertz CT molecular complexity index is 333. The molecule has 1 atom stereocenters. The summed E-state index contributed by atoms with van der Waals surface area (Å²) < 4.78 is 22.0. The highest BCUT2D eigenvalue weighted by atomic mass is 32.3. The summed E-state index contributed by atoms with van der Waals surface area (Å²) in [5, 5.41) is 6.99. The minimum absolute atomic E-state index is 0.0910. The van der Waals surface area contributed by atoms with Crippen molar-refractivity contribution in [2.75, 3.05) is 5.75 Å². The summed E-state index contributed by atoms with van der Waals surface area (Å²) in [5.74, 6) is -0.0910. The summed E-state index contributed by atoms with van der Waals surface area (Å²) in [6, 6.07) is 0. The molecule has 0 spiro atoms. The minimum atomic E-state index is -3.25. The zero-order valence-electron chi connectivity index (χ0n) is 6.00. The summed E-state index contributed by atoms with van der Waals surface area (Å²) >= 11 is 5.64. The number of azo groups is 1. The van der Waals surface area contributed by atoms with Crippen LogP contribution in [0.3, 0.4) is 0 Å². The molecule has 1 unspecified atom stereocenters. The van der Waals surface area contributed by atoms with Gasteiger partial charge in [0.15, 0.2) is 14.2 Å². The quantitative estimate of drug-likeness (QED) is 0.534. The van der Waals surface area contributed by atoms with Crippen molar-refractivity contribution in [3.05, 3.63) is 12.7 Å². The Kier molecular flexibility index (Phi) is 2.97. The Hall–Kier alpha value is -0.270. The van der Waals surface area contributed by atoms with E-state index in [1.165, 1.54) is 6.08 Å². The van der Waals surface area contributed by atoms with Gasteiger partial charge in [-0.3, -0.25) is 0 Å². The van der Waals surface area contributed by atoms with Crippen molar-refractivity contribution < 1.29 is 8.42 Å². The summed E-state index contributed by atoms with van der Waals surface area (Å²) in [5.41, 5.74) is 0. The van der Waals surface area contributed by atoms with Crippen molar-refractivity contribution in [2.45, 2.75) is 4.71 Å². The van der Waals surface area contributed by atoms with Gasteiger partial charge in [-0.15, -0.1) is 11.7 Å². The van der Waals surface area contributed by atoms with Crippen molar-refractivity contribution in [3.63, 3.8) is 0 Å². The van der Waals surface area contributed by atoms with E-state index in [4.69, 9.17) is 0 Å². The van der Waals surface area contributed by atoms with E-state index >= 15 is 0 Å². The van der Waals surface area contributed by atoms with Crippen molar-refractivity contribution in [2.24, 2.45) is 10.2 Å². The van der Waals surface area contributed by atoms with E-state index in [9.17, 15) is 8.42 Å². The molecule has 4 nitrogen and oxygen atoms in total. The molecule has 12 heavy (non-hydrogen) atoms. The first-order valence-corrected chi connectivity index (χ1v) is 6.00. The van der Waals surface area contributed by atoms with E-state index in [-0.39, 0.29) is 10.1 Å². The fourth-order valence-electron chi connectivity index (χ4n) is 0.619. The van der Waals surface area contributed by atoms with Crippen LogP contribution in [0.5, 0.6) is 0 Å². The average molecular weight is 222 g/mol. The number of rotatable bonds is 3. The predicted molar refractivity (Wildman–Crippen MR) is 52.8 cm³/mol. The standard InChI is InChI=1S/C5H6N2O2S3/c1-2-3-12(8,9)5-7-6-4(10)11-5/h2,5H,1,3H2. The van der Waals surface area contributed by atoms with Crippen LogP contribution >= 0.6 is 24.0 Å². The molecule has 0 bridgehead atoms. The molecular weight excluding hydrogens is 216 g/mol. The molecule has 0 amide bonds. The molecule has 1 aliphatic heterocycles. The fourth-order valence-corrected chi connectivity index (χ4v) is 3.26. The Morgan fingerprint density at radius 3 is 2.83 bits per heavy atom. The Morgan fingerprint density at radius 1 is 1.75 bits per heavy atom. The molecule has 0 aromatic carbocycles. The molecule has 0 aliphatic carbocycles. The van der Waals surface area contributed by atoms with E-state index in [2.05, 4.69) is 29.0 Å². The maximum Gasteiger partial charge on any atom is 0.224 e. The van der Waals surface area contributed by atoms with Crippen molar-refractivity contribution in [3.8, 4) is 0 Å². The van der Waals surface area contributed by atoms with Crippen LogP contribution in [0.1, 0.15) is 0 Å². The first-order chi connectivity index (χ1) is 5.56. The van der Waals surface area contributed by atoms with Gasteiger partial charge < -0.3 is 0 Å². The lowest BCUT2D eigenvalue weighted by atomic mass is 10.8. The molecular formula is C5H6N2O2S3. The van der Waals surface area contributed by atoms with Gasteiger partial charge in [-0.2, -0.15) is 5.11 Å². The molecule has 0 aromatic rings. The first-order valence-electron chi connectivity index (χ1n) is 3.00. The number of nitrogens with zero attached hydrogens (tertiary/aromatic N) is 2. The maximum atomic E-state index is 11.3. The number of thiocarbonyl (C=S) groups is 1. The highest BCUT2D eigenvalue weighted by Gasteiger charge is 2.29. The van der Waals surface area contributed by atoms with Crippen LogP contribution in [-0.2, 0) is 9.84 Å². The highest BCUT2D eigenvalue weighted by molar-refractivity contribution is 8.29. The SMILES string of the molecule is C=CCS(=O)(=O)C1N=NC(=S)S1. The lowest BCUT2D eigenvalue weighted by molar-refractivity contribution is 0.596. The predicted octanol–water partition coefficient (Wildman–Crippen LogP) is 1.35. The third-order valence-corrected chi connectivity index (χ3v) is 4.62. The van der Waals surface area contributed by atoms with Crippen LogP contribution < -0.4 is 0 Å². The molecule has 0 saturated heterocycles. The van der Waals surface area contributed by atoms with Crippen molar-refractivity contribution >= 4 is 38.1 Å². The number of hydrogen-bond acceptors (Lipinski definition) is 5. The summed E-state index contributed by atoms with van der Waals surface area (Å²) in [4.78, 5) is 0. The average Bonchev–Trinajstić information content (AvgIpc) is 2.36. The van der Waals surface area contributed by atoms with Crippen LogP contribution in [0.25, 0.3) is 0 Å². The first kappa shape index (κ1) is 9.82. The van der Waals surface area contributed by atoms with Crippen LogP contribution in [0.4, 0.5) is 0 Å². The van der Waals surface area contributed by atoms with Gasteiger partial charge in [0.2, 0.25) is 4.71 Å². The molecule has 0 fully saturated rings. The molecule has 1 aliphatic rings. The topological polar surface area (TPSA) is 58.9 Å². The molecule has 7 heteroatoms.